The van der Waals surface area contributed by atoms with E-state index in [1.54, 1.807) is 37.3 Å². The molecule has 1 aliphatic carbocycles. The fraction of sp³-hybridized carbons (Fsp3) is 0.394. The topological polar surface area (TPSA) is 96.0 Å². The molecule has 3 aromatic carbocycles. The second-order valence-electron chi connectivity index (χ2n) is 11.1. The quantitative estimate of drug-likeness (QED) is 0.227. The number of methoxy groups -OCH3 is 1. The largest absolute Gasteiger partial charge is 0.497 e. The summed E-state index contributed by atoms with van der Waals surface area (Å²) in [5.41, 5.74) is -1.01. The second-order valence-corrected chi connectivity index (χ2v) is 13.4. The number of benzene rings is 3. The van der Waals surface area contributed by atoms with Crippen molar-refractivity contribution in [1.82, 2.24) is 10.2 Å². The zero-order valence-corrected chi connectivity index (χ0v) is 27.2. The summed E-state index contributed by atoms with van der Waals surface area (Å²) in [4.78, 5) is 29.0. The summed E-state index contributed by atoms with van der Waals surface area (Å²) in [6.07, 6.45) is -0.00787. The van der Waals surface area contributed by atoms with Gasteiger partial charge in [0.05, 0.1) is 28.3 Å². The Morgan fingerprint density at radius 3 is 2.24 bits per heavy atom. The number of nitrogens with zero attached hydrogens (tertiary/aromatic N) is 2. The minimum Gasteiger partial charge on any atom is -0.497 e. The first-order chi connectivity index (χ1) is 21.8. The lowest BCUT2D eigenvalue weighted by molar-refractivity contribution is -0.140. The van der Waals surface area contributed by atoms with Crippen molar-refractivity contribution in [3.8, 4) is 5.75 Å². The zero-order valence-electron chi connectivity index (χ0n) is 25.6. The molecule has 0 saturated heterocycles. The predicted octanol–water partition coefficient (Wildman–Crippen LogP) is 6.82. The highest BCUT2D eigenvalue weighted by molar-refractivity contribution is 7.92. The number of anilines is 1. The number of hydrogen-bond donors (Lipinski definition) is 1. The molecule has 2 amide bonds. The summed E-state index contributed by atoms with van der Waals surface area (Å²) in [7, 11) is -3.05. The Labute approximate surface area is 272 Å². The summed E-state index contributed by atoms with van der Waals surface area (Å²) >= 11 is 5.84. The molecule has 1 unspecified atom stereocenters. The van der Waals surface area contributed by atoms with Crippen LogP contribution in [0.4, 0.5) is 18.9 Å². The Morgan fingerprint density at radius 1 is 1.00 bits per heavy atom. The van der Waals surface area contributed by atoms with Crippen LogP contribution >= 0.6 is 11.6 Å². The lowest BCUT2D eigenvalue weighted by Gasteiger charge is -2.34. The standard InChI is InChI=1S/C33H37ClF3N3O5S/c1-3-30(32(42)38-24-10-6-4-7-11-24)39(21-23-14-17-26(45-2)18-15-23)31(41)22-40(46(43,44)27-12-8-5-9-13-27)25-16-19-29(34)28(20-25)33(35,36)37/h5,8-9,12-20,24,30H,3-4,6-7,10-11,21-22H2,1-2H3,(H,38,42). The fourth-order valence-electron chi connectivity index (χ4n) is 5.53. The van der Waals surface area contributed by atoms with E-state index in [0.29, 0.717) is 21.7 Å². The van der Waals surface area contributed by atoms with Crippen molar-refractivity contribution >= 4 is 39.1 Å². The monoisotopic (exact) mass is 679 g/mol. The molecule has 46 heavy (non-hydrogen) atoms. The van der Waals surface area contributed by atoms with E-state index in [-0.39, 0.29) is 29.8 Å². The Morgan fingerprint density at radius 2 is 1.65 bits per heavy atom. The molecular weight excluding hydrogens is 643 g/mol. The number of rotatable bonds is 12. The van der Waals surface area contributed by atoms with Gasteiger partial charge in [-0.25, -0.2) is 8.42 Å². The molecule has 13 heteroatoms. The van der Waals surface area contributed by atoms with Crippen LogP contribution < -0.4 is 14.4 Å². The van der Waals surface area contributed by atoms with Gasteiger partial charge in [-0.2, -0.15) is 13.2 Å². The van der Waals surface area contributed by atoms with Crippen molar-refractivity contribution in [2.75, 3.05) is 18.0 Å². The Kier molecular flexibility index (Phi) is 11.6. The number of alkyl halides is 3. The van der Waals surface area contributed by atoms with E-state index in [0.717, 1.165) is 44.2 Å². The molecule has 0 spiro atoms. The van der Waals surface area contributed by atoms with Gasteiger partial charge in [-0.15, -0.1) is 0 Å². The maximum atomic E-state index is 14.2. The van der Waals surface area contributed by atoms with E-state index >= 15 is 0 Å². The molecule has 1 atom stereocenters. The van der Waals surface area contributed by atoms with Gasteiger partial charge in [-0.1, -0.05) is 68.1 Å². The number of carbonyl (C=O) groups is 2. The zero-order chi connectivity index (χ0) is 33.5. The number of hydrogen-bond acceptors (Lipinski definition) is 5. The summed E-state index contributed by atoms with van der Waals surface area (Å²) < 4.78 is 75.3. The van der Waals surface area contributed by atoms with E-state index in [9.17, 15) is 31.2 Å². The van der Waals surface area contributed by atoms with Crippen molar-refractivity contribution in [2.24, 2.45) is 0 Å². The van der Waals surface area contributed by atoms with Crippen molar-refractivity contribution in [3.63, 3.8) is 0 Å². The molecule has 0 aliphatic heterocycles. The van der Waals surface area contributed by atoms with Gasteiger partial charge in [-0.3, -0.25) is 13.9 Å². The maximum Gasteiger partial charge on any atom is 0.417 e. The molecule has 8 nitrogen and oxygen atoms in total. The Hall–Kier alpha value is -3.77. The van der Waals surface area contributed by atoms with E-state index < -0.39 is 51.0 Å². The van der Waals surface area contributed by atoms with E-state index in [2.05, 4.69) is 5.32 Å². The third kappa shape index (κ3) is 8.52. The maximum absolute atomic E-state index is 14.2. The highest BCUT2D eigenvalue weighted by Gasteiger charge is 2.37. The first kappa shape index (κ1) is 35.1. The molecule has 0 aromatic heterocycles. The lowest BCUT2D eigenvalue weighted by atomic mass is 9.95. The van der Waals surface area contributed by atoms with Gasteiger partial charge in [0.15, 0.2) is 0 Å². The number of amides is 2. The normalized spacial score (nSPS) is 14.7. The number of carbonyl (C=O) groups excluding carboxylic acids is 2. The Balaban J connectivity index is 1.76. The van der Waals surface area contributed by atoms with Gasteiger partial charge >= 0.3 is 6.18 Å². The first-order valence-corrected chi connectivity index (χ1v) is 16.8. The van der Waals surface area contributed by atoms with Gasteiger partial charge in [0.25, 0.3) is 10.0 Å². The first-order valence-electron chi connectivity index (χ1n) is 15.0. The van der Waals surface area contributed by atoms with Gasteiger partial charge in [0.1, 0.15) is 18.3 Å². The van der Waals surface area contributed by atoms with Crippen LogP contribution in [0.3, 0.4) is 0 Å². The SMILES string of the molecule is CCC(C(=O)NC1CCCCC1)N(Cc1ccc(OC)cc1)C(=O)CN(c1ccc(Cl)c(C(F)(F)F)c1)S(=O)(=O)c1ccccc1. The van der Waals surface area contributed by atoms with Crippen molar-refractivity contribution in [3.05, 3.63) is 88.9 Å². The summed E-state index contributed by atoms with van der Waals surface area (Å²) in [5, 5.41) is 2.44. The Bertz CT molecular complexity index is 1600. The number of sulfonamides is 1. The average molecular weight is 680 g/mol. The summed E-state index contributed by atoms with van der Waals surface area (Å²) in [5.74, 6) is -0.573. The predicted molar refractivity (Wildman–Crippen MR) is 170 cm³/mol. The van der Waals surface area contributed by atoms with E-state index in [1.165, 1.54) is 36.3 Å². The van der Waals surface area contributed by atoms with Crippen LogP contribution in [-0.4, -0.2) is 50.9 Å². The van der Waals surface area contributed by atoms with E-state index in [4.69, 9.17) is 16.3 Å². The van der Waals surface area contributed by atoms with E-state index in [1.807, 2.05) is 0 Å². The minimum atomic E-state index is -4.88. The molecule has 0 radical (unpaired) electrons. The van der Waals surface area contributed by atoms with Crippen LogP contribution in [0, 0.1) is 0 Å². The summed E-state index contributed by atoms with van der Waals surface area (Å²) in [6, 6.07) is 15.6. The number of nitrogens with one attached hydrogen (secondary N) is 1. The smallest absolute Gasteiger partial charge is 0.417 e. The molecular formula is C33H37ClF3N3O5S. The highest BCUT2D eigenvalue weighted by atomic mass is 35.5. The highest BCUT2D eigenvalue weighted by Crippen LogP contribution is 2.38. The molecule has 1 saturated carbocycles. The van der Waals surface area contributed by atoms with Crippen molar-refractivity contribution in [2.45, 2.75) is 75.1 Å². The molecule has 1 N–H and O–H groups in total. The second kappa shape index (κ2) is 15.2. The van der Waals surface area contributed by atoms with Gasteiger partial charge in [0, 0.05) is 12.6 Å². The summed E-state index contributed by atoms with van der Waals surface area (Å²) in [6.45, 7) is 0.805. The average Bonchev–Trinajstić information content (AvgIpc) is 3.04. The third-order valence-electron chi connectivity index (χ3n) is 8.00. The fourth-order valence-corrected chi connectivity index (χ4v) is 7.18. The van der Waals surface area contributed by atoms with Crippen LogP contribution in [0.5, 0.6) is 5.75 Å². The molecule has 1 aliphatic rings. The molecule has 248 valence electrons. The van der Waals surface area contributed by atoms with Crippen molar-refractivity contribution in [1.29, 1.82) is 0 Å². The minimum absolute atomic E-state index is 0.0435. The molecule has 0 bridgehead atoms. The number of halogens is 4. The van der Waals surface area contributed by atoms with Crippen LogP contribution in [0.15, 0.2) is 77.7 Å². The van der Waals surface area contributed by atoms with Crippen LogP contribution in [0.1, 0.15) is 56.6 Å². The van der Waals surface area contributed by atoms with Crippen LogP contribution in [0.2, 0.25) is 5.02 Å². The van der Waals surface area contributed by atoms with Gasteiger partial charge in [-0.05, 0) is 67.3 Å². The molecule has 4 rings (SSSR count). The number of ether oxygens (including phenoxy) is 1. The lowest BCUT2D eigenvalue weighted by Crippen LogP contribution is -2.54. The van der Waals surface area contributed by atoms with Gasteiger partial charge in [0.2, 0.25) is 11.8 Å². The third-order valence-corrected chi connectivity index (χ3v) is 10.1. The molecule has 0 heterocycles. The van der Waals surface area contributed by atoms with Crippen molar-refractivity contribution < 1.29 is 35.9 Å². The van der Waals surface area contributed by atoms with Crippen LogP contribution in [-0.2, 0) is 32.3 Å². The molecule has 1 fully saturated rings. The van der Waals surface area contributed by atoms with Crippen LogP contribution in [0.25, 0.3) is 0 Å². The van der Waals surface area contributed by atoms with Gasteiger partial charge < -0.3 is 15.0 Å². The molecule has 3 aromatic rings.